The zero-order valence-electron chi connectivity index (χ0n) is 62.6. The van der Waals surface area contributed by atoms with E-state index in [4.69, 9.17) is 9.97 Å². The van der Waals surface area contributed by atoms with Crippen molar-refractivity contribution in [2.45, 2.75) is 57.8 Å². The van der Waals surface area contributed by atoms with Crippen LogP contribution in [0.3, 0.4) is 0 Å². The van der Waals surface area contributed by atoms with Crippen LogP contribution in [0.4, 0.5) is 51.7 Å². The first-order valence-electron chi connectivity index (χ1n) is 38.6. The highest BCUT2D eigenvalue weighted by Crippen LogP contribution is 2.55. The van der Waals surface area contributed by atoms with Crippen molar-refractivity contribution in [3.05, 3.63) is 385 Å². The lowest BCUT2D eigenvalue weighted by Gasteiger charge is -2.31. The lowest BCUT2D eigenvalue weighted by molar-refractivity contribution is 0.660. The average Bonchev–Trinajstić information content (AvgIpc) is 1.59. The summed E-state index contributed by atoms with van der Waals surface area (Å²) < 4.78 is 7.36. The molecule has 0 saturated carbocycles. The molecule has 22 rings (SSSR count). The third kappa shape index (κ3) is 9.60. The normalized spacial score (nSPS) is 13.9. The molecule has 0 aliphatic heterocycles. The van der Waals surface area contributed by atoms with Crippen LogP contribution < -0.4 is 14.7 Å². The van der Waals surface area contributed by atoms with Crippen molar-refractivity contribution in [2.24, 2.45) is 0 Å². The molecular weight excluding hydrogens is 1350 g/mol. The van der Waals surface area contributed by atoms with Crippen molar-refractivity contribution >= 4 is 117 Å². The second-order valence-corrected chi connectivity index (χ2v) is 31.8. The van der Waals surface area contributed by atoms with Gasteiger partial charge in [-0.05, 0) is 212 Å². The van der Waals surface area contributed by atoms with Crippen molar-refractivity contribution in [1.82, 2.24) is 23.7 Å². The van der Waals surface area contributed by atoms with Gasteiger partial charge in [0.2, 0.25) is 5.95 Å². The van der Waals surface area contributed by atoms with Gasteiger partial charge in [-0.15, -0.1) is 0 Å². The Morgan fingerprint density at radius 2 is 0.477 bits per heavy atom. The first-order chi connectivity index (χ1) is 54.3. The van der Waals surface area contributed by atoms with Crippen molar-refractivity contribution in [3.8, 4) is 50.4 Å². The van der Waals surface area contributed by atoms with Gasteiger partial charge in [-0.1, -0.05) is 242 Å². The number of hydrogen-bond acceptors (Lipinski definition) is 5. The Morgan fingerprint density at radius 1 is 0.207 bits per heavy atom. The van der Waals surface area contributed by atoms with E-state index in [9.17, 15) is 0 Å². The minimum atomic E-state index is -0.173. The third-order valence-electron chi connectivity index (χ3n) is 24.6. The Balaban J connectivity index is 0.764. The van der Waals surface area contributed by atoms with Gasteiger partial charge in [-0.2, -0.15) is 9.97 Å². The van der Waals surface area contributed by atoms with E-state index in [1.807, 2.05) is 0 Å². The Hall–Kier alpha value is -13.8. The van der Waals surface area contributed by atoms with Crippen LogP contribution in [0.5, 0.6) is 0 Å². The van der Waals surface area contributed by atoms with Gasteiger partial charge in [-0.3, -0.25) is 14.7 Å². The largest absolute Gasteiger partial charge is 0.309 e. The Morgan fingerprint density at radius 3 is 0.820 bits per heavy atom. The number of nitrogens with zero attached hydrogens (tertiary/aromatic N) is 8. The van der Waals surface area contributed by atoms with Crippen molar-refractivity contribution in [1.29, 1.82) is 0 Å². The standard InChI is InChI=1S/C103H76N8/c1-101(2)86-40-22-16-34-74(86)77-52-46-71(61-89(77)101)109-92-43-25-19-37-80(92)83-58-68(49-55-95(83)109)106(65-28-10-7-11-29-65)98-64-99(107(66-30-12-8-13-31-66)69-50-56-96-84(59-69)81-38-20-26-44-93(81)110(96)72-47-53-78-75-35-17-23-41-87(75)102(3,4)90(78)62-72)105-100(104-98)108(67-32-14-9-15-33-67)70-51-57-97-85(60-70)82-39-21-27-45-94(82)111(97)73-48-54-79-76-36-18-24-42-88(76)103(5,6)91(79)63-73/h7-64H,1-6H3. The summed E-state index contributed by atoms with van der Waals surface area (Å²) in [6, 6.07) is 130. The van der Waals surface area contributed by atoms with E-state index in [-0.39, 0.29) is 16.2 Å². The van der Waals surface area contributed by atoms with E-state index in [0.29, 0.717) is 17.6 Å². The number of rotatable bonds is 12. The number of hydrogen-bond donors (Lipinski definition) is 0. The highest BCUT2D eigenvalue weighted by molar-refractivity contribution is 6.14. The maximum absolute atomic E-state index is 6.00. The predicted octanol–water partition coefficient (Wildman–Crippen LogP) is 27.1. The van der Waals surface area contributed by atoms with Crippen LogP contribution in [-0.4, -0.2) is 23.7 Å². The lowest BCUT2D eigenvalue weighted by Crippen LogP contribution is -2.20. The molecule has 0 bridgehead atoms. The van der Waals surface area contributed by atoms with Gasteiger partial charge in [0.25, 0.3) is 0 Å². The van der Waals surface area contributed by atoms with Crippen LogP contribution in [0.25, 0.3) is 116 Å². The number of benzene rings is 15. The van der Waals surface area contributed by atoms with Gasteiger partial charge in [0.05, 0.1) is 33.1 Å². The van der Waals surface area contributed by atoms with Crippen LogP contribution in [0.1, 0.15) is 74.9 Å². The first-order valence-corrected chi connectivity index (χ1v) is 38.6. The quantitative estimate of drug-likeness (QED) is 0.122. The van der Waals surface area contributed by atoms with Crippen LogP contribution in [0.2, 0.25) is 0 Å². The molecule has 0 amide bonds. The fourth-order valence-electron chi connectivity index (χ4n) is 19.3. The molecule has 0 atom stereocenters. The summed E-state index contributed by atoms with van der Waals surface area (Å²) in [6.45, 7) is 14.2. The molecule has 15 aromatic carbocycles. The van der Waals surface area contributed by atoms with Crippen LogP contribution in [0, 0.1) is 0 Å². The van der Waals surface area contributed by atoms with Crippen molar-refractivity contribution in [2.75, 3.05) is 14.7 Å². The molecule has 8 heteroatoms. The SMILES string of the molecule is CC1(C)c2ccccc2-c2ccc(-n3c4ccccc4c4cc(N(c5ccccc5)c5cc(N(c6ccccc6)c6ccc7c(c6)c6ccccc6n7-c6ccc7c(c6)C(C)(C)c6ccccc6-7)nc(N(c6ccccc6)c6ccc7c(c6)c6ccccc6n7-c6ccc7c(c6)C(C)(C)c6ccccc6-7)n5)ccc43)cc21. The molecule has 8 nitrogen and oxygen atoms in total. The molecule has 0 fully saturated rings. The van der Waals surface area contributed by atoms with Gasteiger partial charge in [0.1, 0.15) is 11.6 Å². The fraction of sp³-hybridized carbons (Fsp3) is 0.0874. The van der Waals surface area contributed by atoms with Gasteiger partial charge < -0.3 is 13.7 Å². The molecule has 111 heavy (non-hydrogen) atoms. The third-order valence-corrected chi connectivity index (χ3v) is 24.6. The molecule has 4 heterocycles. The molecule has 0 radical (unpaired) electrons. The molecule has 0 unspecified atom stereocenters. The summed E-state index contributed by atoms with van der Waals surface area (Å²) in [6.07, 6.45) is 0. The predicted molar refractivity (Wildman–Crippen MR) is 462 cm³/mol. The molecule has 0 spiro atoms. The lowest BCUT2D eigenvalue weighted by atomic mass is 9.82. The second-order valence-electron chi connectivity index (χ2n) is 31.8. The molecule has 0 N–H and O–H groups in total. The fourth-order valence-corrected chi connectivity index (χ4v) is 19.3. The average molecular weight is 1430 g/mol. The maximum Gasteiger partial charge on any atom is 0.238 e. The van der Waals surface area contributed by atoms with E-state index in [1.165, 1.54) is 66.8 Å². The van der Waals surface area contributed by atoms with Gasteiger partial charge in [-0.25, -0.2) is 0 Å². The molecule has 0 saturated heterocycles. The molecule has 3 aliphatic carbocycles. The van der Waals surface area contributed by atoms with E-state index in [0.717, 1.165) is 117 Å². The smallest absolute Gasteiger partial charge is 0.238 e. The van der Waals surface area contributed by atoms with E-state index in [1.54, 1.807) is 0 Å². The summed E-state index contributed by atoms with van der Waals surface area (Å²) in [4.78, 5) is 18.9. The highest BCUT2D eigenvalue weighted by atomic mass is 15.3. The zero-order valence-corrected chi connectivity index (χ0v) is 62.6. The summed E-state index contributed by atoms with van der Waals surface area (Å²) in [7, 11) is 0. The second kappa shape index (κ2) is 24.1. The van der Waals surface area contributed by atoms with Crippen molar-refractivity contribution in [3.63, 3.8) is 0 Å². The number of aromatic nitrogens is 5. The summed E-state index contributed by atoms with van der Waals surface area (Å²) in [5.41, 5.74) is 31.1. The Kier molecular flexibility index (Phi) is 14.0. The minimum Gasteiger partial charge on any atom is -0.309 e. The van der Waals surface area contributed by atoms with Crippen molar-refractivity contribution < 1.29 is 0 Å². The molecular formula is C103H76N8. The van der Waals surface area contributed by atoms with E-state index < -0.39 is 0 Å². The van der Waals surface area contributed by atoms with Gasteiger partial charge >= 0.3 is 0 Å². The molecule has 528 valence electrons. The summed E-state index contributed by atoms with van der Waals surface area (Å²) in [5, 5.41) is 6.83. The molecule has 3 aliphatic rings. The number of para-hydroxylation sites is 6. The Labute approximate surface area is 644 Å². The molecule has 4 aromatic heterocycles. The minimum absolute atomic E-state index is 0.171. The number of anilines is 9. The number of fused-ring (bicyclic) bond motifs is 18. The first kappa shape index (κ1) is 64.4. The van der Waals surface area contributed by atoms with Crippen LogP contribution >= 0.6 is 0 Å². The van der Waals surface area contributed by atoms with Gasteiger partial charge in [0, 0.05) is 106 Å². The van der Waals surface area contributed by atoms with Crippen LogP contribution in [0.15, 0.2) is 352 Å². The van der Waals surface area contributed by atoms with Crippen LogP contribution in [-0.2, 0) is 16.2 Å². The maximum atomic E-state index is 6.00. The van der Waals surface area contributed by atoms with Gasteiger partial charge in [0.15, 0.2) is 0 Å². The van der Waals surface area contributed by atoms with E-state index >= 15 is 0 Å². The van der Waals surface area contributed by atoms with E-state index in [2.05, 4.69) is 422 Å². The zero-order chi connectivity index (χ0) is 74.2. The monoisotopic (exact) mass is 1420 g/mol. The highest BCUT2D eigenvalue weighted by Gasteiger charge is 2.39. The summed E-state index contributed by atoms with van der Waals surface area (Å²) in [5.74, 6) is 1.83. The topological polar surface area (TPSA) is 50.3 Å². The molecule has 19 aromatic rings. The Bertz CT molecular complexity index is 6390. The summed E-state index contributed by atoms with van der Waals surface area (Å²) >= 11 is 0.